The molecule has 56 heavy (non-hydrogen) atoms. The molecule has 6 rings (SSSR count). The van der Waals surface area contributed by atoms with Crippen molar-refractivity contribution < 1.29 is 37.4 Å². The molecule has 2 N–H and O–H groups in total. The molecule has 0 saturated carbocycles. The van der Waals surface area contributed by atoms with Gasteiger partial charge in [-0.2, -0.15) is 0 Å². The number of aryl methyl sites for hydroxylation is 8. The Hall–Kier alpha value is -4.56. The second kappa shape index (κ2) is 17.7. The van der Waals surface area contributed by atoms with Crippen molar-refractivity contribution in [3.63, 3.8) is 0 Å². The van der Waals surface area contributed by atoms with Gasteiger partial charge >= 0.3 is 0 Å². The first kappa shape index (κ1) is 41.1. The third-order valence-corrected chi connectivity index (χ3v) is 11.6. The highest BCUT2D eigenvalue weighted by Crippen LogP contribution is 2.52. The first-order valence-corrected chi connectivity index (χ1v) is 20.4. The minimum absolute atomic E-state index is 0.226. The van der Waals surface area contributed by atoms with Crippen molar-refractivity contribution in [1.29, 1.82) is 0 Å². The monoisotopic (exact) mass is 826 g/mol. The Kier molecular flexibility index (Phi) is 13.0. The topological polar surface area (TPSA) is 95.8 Å². The van der Waals surface area contributed by atoms with E-state index in [1.807, 2.05) is 140 Å². The molecule has 8 nitrogen and oxygen atoms in total. The number of phenols is 2. The quantitative estimate of drug-likeness (QED) is 0.111. The van der Waals surface area contributed by atoms with E-state index >= 15 is 0 Å². The van der Waals surface area contributed by atoms with Gasteiger partial charge in [0.15, 0.2) is 0 Å². The predicted molar refractivity (Wildman–Crippen MR) is 237 cm³/mol. The summed E-state index contributed by atoms with van der Waals surface area (Å²) < 4.78 is 37.4. The standard InChI is InChI=1S/C44H46O8P4/c1-23-15-19-27(5)41(45)35(23)37-25(3)17-21-29(7)43(37)51-55-49-33-13-9-11-31(47-53)39(33)40-32(48-54)12-10-14-34(40)50-56-52-44-30(8)22-18-26(4)38(44)36-24(2)16-20-28(6)42(36)46/h9-22,45-46,55-56H,53-54H2,1-8H3. The number of phenolic OH excluding ortho intramolecular Hbond substituents is 2. The van der Waals surface area contributed by atoms with Crippen LogP contribution in [-0.2, 0) is 0 Å². The molecule has 0 heterocycles. The maximum absolute atomic E-state index is 11.2. The third kappa shape index (κ3) is 8.13. The van der Waals surface area contributed by atoms with Crippen LogP contribution >= 0.6 is 37.0 Å². The highest BCUT2D eigenvalue weighted by Gasteiger charge is 2.25. The van der Waals surface area contributed by atoms with Crippen LogP contribution in [0.3, 0.4) is 0 Å². The van der Waals surface area contributed by atoms with E-state index < -0.39 is 18.1 Å². The SMILES string of the molecule is Cc1ccc(C)c(-c2c(C)ccc(C)c2OPOc2cccc(OP)c2-c2c(OP)cccc2OPOc2c(C)ccc(C)c2-c2c(C)ccc(C)c2O)c1O. The molecule has 0 aliphatic heterocycles. The Morgan fingerprint density at radius 1 is 0.357 bits per heavy atom. The molecule has 0 aliphatic carbocycles. The van der Waals surface area contributed by atoms with E-state index in [0.29, 0.717) is 45.6 Å². The molecule has 0 amide bonds. The fraction of sp³-hybridized carbons (Fsp3) is 0.182. The summed E-state index contributed by atoms with van der Waals surface area (Å²) in [4.78, 5) is 0. The Bertz CT molecular complexity index is 2260. The number of hydrogen-bond donors (Lipinski definition) is 2. The molecule has 0 aromatic heterocycles. The van der Waals surface area contributed by atoms with E-state index in [4.69, 9.17) is 27.1 Å². The van der Waals surface area contributed by atoms with Gasteiger partial charge in [-0.3, -0.25) is 0 Å². The van der Waals surface area contributed by atoms with E-state index in [-0.39, 0.29) is 11.5 Å². The largest absolute Gasteiger partial charge is 0.507 e. The second-order valence-corrected chi connectivity index (χ2v) is 15.3. The molecule has 6 aromatic carbocycles. The third-order valence-electron chi connectivity index (χ3n) is 9.87. The highest BCUT2D eigenvalue weighted by atomic mass is 31.1. The number of hydrogen-bond acceptors (Lipinski definition) is 8. The molecule has 6 aromatic rings. The average Bonchev–Trinajstić information content (AvgIpc) is 3.19. The first-order valence-electron chi connectivity index (χ1n) is 17.8. The van der Waals surface area contributed by atoms with Crippen LogP contribution in [0.5, 0.6) is 46.0 Å². The molecule has 4 atom stereocenters. The van der Waals surface area contributed by atoms with E-state index in [1.54, 1.807) is 0 Å². The fourth-order valence-corrected chi connectivity index (χ4v) is 8.46. The minimum atomic E-state index is -0.468. The molecular formula is C44H46O8P4. The van der Waals surface area contributed by atoms with Gasteiger partial charge in [-0.15, -0.1) is 0 Å². The zero-order chi connectivity index (χ0) is 40.3. The van der Waals surface area contributed by atoms with Gasteiger partial charge in [-0.25, -0.2) is 0 Å². The van der Waals surface area contributed by atoms with Crippen molar-refractivity contribution in [3.8, 4) is 79.4 Å². The maximum atomic E-state index is 11.2. The van der Waals surface area contributed by atoms with Crippen molar-refractivity contribution in [2.75, 3.05) is 0 Å². The molecule has 0 aliphatic rings. The maximum Gasteiger partial charge on any atom is 0.275 e. The zero-order valence-corrected chi connectivity index (χ0v) is 36.9. The van der Waals surface area contributed by atoms with Gasteiger partial charge in [0.2, 0.25) is 0 Å². The number of benzene rings is 6. The molecule has 0 saturated heterocycles. The Labute approximate surface area is 337 Å². The summed E-state index contributed by atoms with van der Waals surface area (Å²) in [7, 11) is 3.68. The number of aromatic hydroxyl groups is 2. The van der Waals surface area contributed by atoms with Gasteiger partial charge in [0.05, 0.1) is 30.1 Å². The predicted octanol–water partition coefficient (Wildman–Crippen LogP) is 12.8. The summed E-state index contributed by atoms with van der Waals surface area (Å²) in [5.41, 5.74) is 11.5. The summed E-state index contributed by atoms with van der Waals surface area (Å²) in [6.45, 7) is 15.7. The van der Waals surface area contributed by atoms with Crippen LogP contribution in [0.1, 0.15) is 44.5 Å². The molecule has 0 spiro atoms. The Balaban J connectivity index is 1.33. The van der Waals surface area contributed by atoms with Gasteiger partial charge in [-0.1, -0.05) is 60.7 Å². The van der Waals surface area contributed by atoms with E-state index in [2.05, 4.69) is 18.9 Å². The van der Waals surface area contributed by atoms with Crippen molar-refractivity contribution in [1.82, 2.24) is 0 Å². The molecule has 0 bridgehead atoms. The van der Waals surface area contributed by atoms with Crippen LogP contribution in [0, 0.1) is 55.4 Å². The van der Waals surface area contributed by atoms with Crippen LogP contribution < -0.4 is 27.1 Å². The van der Waals surface area contributed by atoms with Crippen molar-refractivity contribution in [2.45, 2.75) is 55.4 Å². The lowest BCUT2D eigenvalue weighted by molar-refractivity contribution is 0.471. The lowest BCUT2D eigenvalue weighted by Gasteiger charge is -2.22. The van der Waals surface area contributed by atoms with Crippen LogP contribution in [-0.4, -0.2) is 10.2 Å². The number of rotatable bonds is 13. The summed E-state index contributed by atoms with van der Waals surface area (Å²) in [6, 6.07) is 26.9. The zero-order valence-electron chi connectivity index (χ0n) is 32.6. The van der Waals surface area contributed by atoms with E-state index in [1.165, 1.54) is 0 Å². The van der Waals surface area contributed by atoms with E-state index in [9.17, 15) is 10.2 Å². The van der Waals surface area contributed by atoms with Crippen LogP contribution in [0.15, 0.2) is 84.9 Å². The van der Waals surface area contributed by atoms with Crippen LogP contribution in [0.2, 0.25) is 0 Å². The smallest absolute Gasteiger partial charge is 0.275 e. The lowest BCUT2D eigenvalue weighted by Crippen LogP contribution is -1.98. The summed E-state index contributed by atoms with van der Waals surface area (Å²) in [5, 5.41) is 22.4. The molecule has 4 unspecified atom stereocenters. The molecule has 0 radical (unpaired) electrons. The second-order valence-electron chi connectivity index (χ2n) is 13.7. The average molecular weight is 827 g/mol. The molecule has 12 heteroatoms. The molecule has 0 fully saturated rings. The van der Waals surface area contributed by atoms with Gasteiger partial charge in [0, 0.05) is 22.3 Å². The minimum Gasteiger partial charge on any atom is -0.507 e. The fourth-order valence-electron chi connectivity index (χ4n) is 6.77. The van der Waals surface area contributed by atoms with Crippen molar-refractivity contribution >= 4 is 37.0 Å². The molecular weight excluding hydrogens is 780 g/mol. The summed E-state index contributed by atoms with van der Waals surface area (Å²) >= 11 is 0. The van der Waals surface area contributed by atoms with Crippen LogP contribution in [0.25, 0.3) is 33.4 Å². The molecule has 290 valence electrons. The van der Waals surface area contributed by atoms with E-state index in [0.717, 1.165) is 66.8 Å². The van der Waals surface area contributed by atoms with Crippen molar-refractivity contribution in [2.24, 2.45) is 0 Å². The first-order chi connectivity index (χ1) is 26.9. The lowest BCUT2D eigenvalue weighted by atomic mass is 9.91. The Morgan fingerprint density at radius 2 is 0.661 bits per heavy atom. The van der Waals surface area contributed by atoms with Gasteiger partial charge in [0.25, 0.3) is 18.1 Å². The summed E-state index contributed by atoms with van der Waals surface area (Å²) in [5.74, 6) is 3.64. The van der Waals surface area contributed by atoms with Crippen LogP contribution in [0.4, 0.5) is 0 Å². The highest BCUT2D eigenvalue weighted by molar-refractivity contribution is 7.27. The summed E-state index contributed by atoms with van der Waals surface area (Å²) in [6.07, 6.45) is 0. The van der Waals surface area contributed by atoms with Gasteiger partial charge in [0.1, 0.15) is 46.0 Å². The normalized spacial score (nSPS) is 11.4. The van der Waals surface area contributed by atoms with Gasteiger partial charge in [-0.05, 0) is 124 Å². The van der Waals surface area contributed by atoms with Crippen molar-refractivity contribution in [3.05, 3.63) is 129 Å². The Morgan fingerprint density at radius 3 is 1.02 bits per heavy atom. The van der Waals surface area contributed by atoms with Gasteiger partial charge < -0.3 is 37.4 Å².